The van der Waals surface area contributed by atoms with Crippen LogP contribution in [0.15, 0.2) is 4.42 Å². The summed E-state index contributed by atoms with van der Waals surface area (Å²) in [7, 11) is 0. The lowest BCUT2D eigenvalue weighted by Crippen LogP contribution is -2.31. The molecule has 0 unspecified atom stereocenters. The molecule has 0 aliphatic heterocycles. The van der Waals surface area contributed by atoms with Crippen LogP contribution in [0.5, 0.6) is 0 Å². The summed E-state index contributed by atoms with van der Waals surface area (Å²) in [5.74, 6) is 0. The first kappa shape index (κ1) is 13.7. The van der Waals surface area contributed by atoms with Gasteiger partial charge in [0.1, 0.15) is 0 Å². The van der Waals surface area contributed by atoms with E-state index in [0.29, 0.717) is 45.5 Å². The molecule has 98 valence electrons. The van der Waals surface area contributed by atoms with Gasteiger partial charge < -0.3 is 24.5 Å². The quantitative estimate of drug-likeness (QED) is 0.634. The van der Waals surface area contributed by atoms with Crippen molar-refractivity contribution < 1.29 is 13.9 Å². The van der Waals surface area contributed by atoms with Crippen molar-refractivity contribution in [3.8, 4) is 0 Å². The first-order valence-electron chi connectivity index (χ1n) is 5.77. The van der Waals surface area contributed by atoms with E-state index in [1.807, 2.05) is 18.7 Å². The zero-order valence-corrected chi connectivity index (χ0v) is 10.4. The van der Waals surface area contributed by atoms with Gasteiger partial charge in [-0.05, 0) is 13.8 Å². The van der Waals surface area contributed by atoms with Crippen molar-refractivity contribution in [2.24, 2.45) is 0 Å². The second-order valence-corrected chi connectivity index (χ2v) is 3.30. The minimum absolute atomic E-state index is 0.0674. The Hall–Kier alpha value is -1.34. The third-order valence-corrected chi connectivity index (χ3v) is 2.12. The second-order valence-electron chi connectivity index (χ2n) is 3.30. The van der Waals surface area contributed by atoms with Gasteiger partial charge in [0.25, 0.3) is 0 Å². The van der Waals surface area contributed by atoms with E-state index in [2.05, 4.69) is 10.2 Å². The van der Waals surface area contributed by atoms with Gasteiger partial charge in [0.2, 0.25) is 0 Å². The smallest absolute Gasteiger partial charge is 0.319 e. The zero-order chi connectivity index (χ0) is 12.5. The molecule has 7 heteroatoms. The van der Waals surface area contributed by atoms with Crippen molar-refractivity contribution >= 4 is 12.0 Å². The molecule has 1 aromatic rings. The largest absolute Gasteiger partial charge is 0.390 e. The van der Waals surface area contributed by atoms with E-state index < -0.39 is 0 Å². The minimum atomic E-state index is 0.0674. The highest BCUT2D eigenvalue weighted by atomic mass is 16.5. The maximum atomic E-state index is 5.40. The number of nitrogen functional groups attached to an aromatic ring is 1. The minimum Gasteiger partial charge on any atom is -0.390 e. The molecule has 0 saturated heterocycles. The Morgan fingerprint density at radius 3 is 2.12 bits per heavy atom. The average Bonchev–Trinajstić information content (AvgIpc) is 2.74. The number of nitrogens with two attached hydrogens (primary N) is 1. The molecule has 17 heavy (non-hydrogen) atoms. The van der Waals surface area contributed by atoms with E-state index in [9.17, 15) is 0 Å². The van der Waals surface area contributed by atoms with Gasteiger partial charge in [-0.3, -0.25) is 0 Å². The average molecular weight is 244 g/mol. The Morgan fingerprint density at radius 1 is 1.12 bits per heavy atom. The summed E-state index contributed by atoms with van der Waals surface area (Å²) in [5, 5.41) is 7.48. The van der Waals surface area contributed by atoms with Crippen LogP contribution in [0.3, 0.4) is 0 Å². The molecule has 0 radical (unpaired) electrons. The zero-order valence-electron chi connectivity index (χ0n) is 10.4. The number of hydrogen-bond donors (Lipinski definition) is 1. The molecular weight excluding hydrogens is 224 g/mol. The lowest BCUT2D eigenvalue weighted by Gasteiger charge is -2.19. The van der Waals surface area contributed by atoms with Crippen LogP contribution in [-0.2, 0) is 9.47 Å². The molecule has 1 rings (SSSR count). The van der Waals surface area contributed by atoms with E-state index in [-0.39, 0.29) is 6.01 Å². The lowest BCUT2D eigenvalue weighted by atomic mass is 10.5. The van der Waals surface area contributed by atoms with Crippen LogP contribution in [-0.4, -0.2) is 49.7 Å². The molecule has 0 fully saturated rings. The number of ether oxygens (including phenoxy) is 2. The third-order valence-electron chi connectivity index (χ3n) is 2.12. The Kier molecular flexibility index (Phi) is 6.34. The maximum Gasteiger partial charge on any atom is 0.319 e. The van der Waals surface area contributed by atoms with Crippen LogP contribution in [0.4, 0.5) is 12.0 Å². The van der Waals surface area contributed by atoms with E-state index in [1.54, 1.807) is 0 Å². The van der Waals surface area contributed by atoms with Gasteiger partial charge in [-0.15, -0.1) is 0 Å². The van der Waals surface area contributed by atoms with E-state index in [0.717, 1.165) is 0 Å². The SMILES string of the molecule is CCOCCN(CCOCC)c1nnc(N)o1. The number of rotatable bonds is 9. The Balaban J connectivity index is 2.46. The number of nitrogens with zero attached hydrogens (tertiary/aromatic N) is 3. The fraction of sp³-hybridized carbons (Fsp3) is 0.800. The van der Waals surface area contributed by atoms with Gasteiger partial charge in [-0.2, -0.15) is 0 Å². The highest BCUT2D eigenvalue weighted by Gasteiger charge is 2.13. The van der Waals surface area contributed by atoms with Crippen molar-refractivity contribution in [3.05, 3.63) is 0 Å². The molecule has 0 aromatic carbocycles. The van der Waals surface area contributed by atoms with Crippen molar-refractivity contribution in [1.29, 1.82) is 0 Å². The van der Waals surface area contributed by atoms with Crippen molar-refractivity contribution in [3.63, 3.8) is 0 Å². The highest BCUT2D eigenvalue weighted by Crippen LogP contribution is 2.12. The maximum absolute atomic E-state index is 5.40. The van der Waals surface area contributed by atoms with Crippen LogP contribution in [0.25, 0.3) is 0 Å². The summed E-state index contributed by atoms with van der Waals surface area (Å²) in [6.45, 7) is 7.82. The van der Waals surface area contributed by atoms with Gasteiger partial charge in [0, 0.05) is 26.3 Å². The molecule has 0 amide bonds. The Labute approximate surface area is 101 Å². The second kappa shape index (κ2) is 7.86. The molecule has 7 nitrogen and oxygen atoms in total. The van der Waals surface area contributed by atoms with E-state index >= 15 is 0 Å². The van der Waals surface area contributed by atoms with Gasteiger partial charge in [-0.1, -0.05) is 10.2 Å². The molecule has 2 N–H and O–H groups in total. The predicted octanol–water partition coefficient (Wildman–Crippen LogP) is 0.531. The number of hydrogen-bond acceptors (Lipinski definition) is 7. The molecule has 0 atom stereocenters. The summed E-state index contributed by atoms with van der Waals surface area (Å²) < 4.78 is 15.8. The molecule has 0 aliphatic rings. The summed E-state index contributed by atoms with van der Waals surface area (Å²) >= 11 is 0. The monoisotopic (exact) mass is 244 g/mol. The van der Waals surface area contributed by atoms with Gasteiger partial charge in [-0.25, -0.2) is 0 Å². The molecule has 1 aromatic heterocycles. The summed E-state index contributed by atoms with van der Waals surface area (Å²) in [4.78, 5) is 1.90. The molecule has 0 saturated carbocycles. The molecule has 0 aliphatic carbocycles. The Bertz CT molecular complexity index is 295. The van der Waals surface area contributed by atoms with Crippen LogP contribution in [0.1, 0.15) is 13.8 Å². The molecule has 0 spiro atoms. The number of anilines is 2. The van der Waals surface area contributed by atoms with Crippen LogP contribution < -0.4 is 10.6 Å². The van der Waals surface area contributed by atoms with Gasteiger partial charge in [0.05, 0.1) is 13.2 Å². The first-order valence-corrected chi connectivity index (χ1v) is 5.77. The van der Waals surface area contributed by atoms with Crippen molar-refractivity contribution in [1.82, 2.24) is 10.2 Å². The Morgan fingerprint density at radius 2 is 1.71 bits per heavy atom. The summed E-state index contributed by atoms with van der Waals surface area (Å²) in [6, 6.07) is 0.472. The first-order chi connectivity index (χ1) is 8.27. The van der Waals surface area contributed by atoms with E-state index in [1.165, 1.54) is 0 Å². The molecule has 0 bridgehead atoms. The standard InChI is InChI=1S/C10H20N4O3/c1-3-15-7-5-14(6-8-16-4-2)10-13-12-9(11)17-10/h3-8H2,1-2H3,(H2,11,12). The van der Waals surface area contributed by atoms with Crippen molar-refractivity contribution in [2.75, 3.05) is 50.2 Å². The van der Waals surface area contributed by atoms with Crippen LogP contribution >= 0.6 is 0 Å². The van der Waals surface area contributed by atoms with Gasteiger partial charge >= 0.3 is 12.0 Å². The van der Waals surface area contributed by atoms with E-state index in [4.69, 9.17) is 19.6 Å². The fourth-order valence-electron chi connectivity index (χ4n) is 1.30. The fourth-order valence-corrected chi connectivity index (χ4v) is 1.30. The molecular formula is C10H20N4O3. The normalized spacial score (nSPS) is 10.7. The highest BCUT2D eigenvalue weighted by molar-refractivity contribution is 5.27. The third kappa shape index (κ3) is 5.01. The van der Waals surface area contributed by atoms with Crippen LogP contribution in [0.2, 0.25) is 0 Å². The summed E-state index contributed by atoms with van der Waals surface area (Å²) in [6.07, 6.45) is 0. The summed E-state index contributed by atoms with van der Waals surface area (Å²) in [5.41, 5.74) is 5.40. The topological polar surface area (TPSA) is 86.6 Å². The van der Waals surface area contributed by atoms with Crippen LogP contribution in [0, 0.1) is 0 Å². The molecule has 1 heterocycles. The van der Waals surface area contributed by atoms with Gasteiger partial charge in [0.15, 0.2) is 0 Å². The number of aromatic nitrogens is 2. The lowest BCUT2D eigenvalue weighted by molar-refractivity contribution is 0.140. The predicted molar refractivity (Wildman–Crippen MR) is 63.9 cm³/mol. The van der Waals surface area contributed by atoms with Crippen molar-refractivity contribution in [2.45, 2.75) is 13.8 Å².